The monoisotopic (exact) mass is 393 g/mol. The van der Waals surface area contributed by atoms with E-state index in [-0.39, 0.29) is 11.7 Å². The van der Waals surface area contributed by atoms with Crippen LogP contribution in [-0.4, -0.2) is 32.6 Å². The Balaban J connectivity index is 1.49. The molecule has 0 saturated carbocycles. The van der Waals surface area contributed by atoms with Crippen molar-refractivity contribution in [1.82, 2.24) is 20.2 Å². The fourth-order valence-corrected chi connectivity index (χ4v) is 3.17. The molecular weight excluding hydrogens is 378 g/mol. The third kappa shape index (κ3) is 4.04. The van der Waals surface area contributed by atoms with Gasteiger partial charge in [-0.05, 0) is 30.3 Å². The number of thioether (sulfide) groups is 1. The highest BCUT2D eigenvalue weighted by atomic mass is 32.2. The molecule has 4 aromatic rings. The maximum atomic E-state index is 12.1. The number of carbonyl (C=O) groups is 1. The van der Waals surface area contributed by atoms with Gasteiger partial charge in [-0.15, -0.1) is 10.2 Å². The van der Waals surface area contributed by atoms with E-state index in [1.807, 2.05) is 41.0 Å². The van der Waals surface area contributed by atoms with Crippen molar-refractivity contribution in [2.45, 2.75) is 5.16 Å². The van der Waals surface area contributed by atoms with Gasteiger partial charge in [0.2, 0.25) is 5.82 Å². The van der Waals surface area contributed by atoms with Crippen molar-refractivity contribution in [2.24, 2.45) is 5.10 Å². The molecule has 140 valence electrons. The van der Waals surface area contributed by atoms with E-state index in [1.165, 1.54) is 30.5 Å². The summed E-state index contributed by atoms with van der Waals surface area (Å²) in [6, 6.07) is 15.0. The molecule has 0 atom stereocenters. The quantitative estimate of drug-likeness (QED) is 0.294. The van der Waals surface area contributed by atoms with Gasteiger partial charge in [0, 0.05) is 11.3 Å². The highest BCUT2D eigenvalue weighted by Crippen LogP contribution is 2.27. The summed E-state index contributed by atoms with van der Waals surface area (Å²) in [6.07, 6.45) is 6.15. The topological polar surface area (TPSA) is 98.5 Å². The number of nitrogens with zero attached hydrogens (tertiary/aromatic N) is 4. The first-order valence-electron chi connectivity index (χ1n) is 8.33. The van der Waals surface area contributed by atoms with Crippen LogP contribution in [0.1, 0.15) is 5.56 Å². The fraction of sp³-hybridized carbons (Fsp3) is 0.0526. The van der Waals surface area contributed by atoms with Crippen molar-refractivity contribution in [3.8, 4) is 17.3 Å². The van der Waals surface area contributed by atoms with Crippen molar-refractivity contribution in [3.05, 3.63) is 72.9 Å². The third-order valence-electron chi connectivity index (χ3n) is 3.67. The van der Waals surface area contributed by atoms with Gasteiger partial charge in [-0.3, -0.25) is 9.36 Å². The van der Waals surface area contributed by atoms with E-state index in [0.29, 0.717) is 16.7 Å². The average Bonchev–Trinajstić information content (AvgIpc) is 3.48. The minimum atomic E-state index is -0.257. The van der Waals surface area contributed by atoms with E-state index in [2.05, 4.69) is 20.7 Å². The van der Waals surface area contributed by atoms with Gasteiger partial charge in [0.1, 0.15) is 0 Å². The number of carbonyl (C=O) groups excluding carboxylic acids is 1. The number of furan rings is 2. The Labute approximate surface area is 164 Å². The molecule has 0 aliphatic heterocycles. The number of rotatable bonds is 7. The molecule has 3 heterocycles. The molecule has 0 radical (unpaired) electrons. The molecule has 0 bridgehead atoms. The van der Waals surface area contributed by atoms with Crippen LogP contribution in [0.25, 0.3) is 17.3 Å². The average molecular weight is 393 g/mol. The van der Waals surface area contributed by atoms with E-state index in [4.69, 9.17) is 8.83 Å². The smallest absolute Gasteiger partial charge is 0.250 e. The number of aromatic nitrogens is 3. The minimum Gasteiger partial charge on any atom is -0.472 e. The fourth-order valence-electron chi connectivity index (χ4n) is 2.43. The predicted octanol–water partition coefficient (Wildman–Crippen LogP) is 3.36. The van der Waals surface area contributed by atoms with Crippen molar-refractivity contribution in [1.29, 1.82) is 0 Å². The van der Waals surface area contributed by atoms with Crippen LogP contribution in [0.2, 0.25) is 0 Å². The largest absolute Gasteiger partial charge is 0.472 e. The molecule has 0 spiro atoms. The molecule has 1 N–H and O–H groups in total. The SMILES string of the molecule is O=C(CSc1nnc(-c2ccco2)n1-c1ccccc1)NN=Cc1ccoc1. The second kappa shape index (κ2) is 8.40. The van der Waals surface area contributed by atoms with E-state index >= 15 is 0 Å². The van der Waals surface area contributed by atoms with Crippen LogP contribution in [0.15, 0.2) is 86.4 Å². The normalized spacial score (nSPS) is 11.1. The first-order chi connectivity index (χ1) is 13.8. The highest BCUT2D eigenvalue weighted by molar-refractivity contribution is 7.99. The summed E-state index contributed by atoms with van der Waals surface area (Å²) in [5.74, 6) is 1.03. The van der Waals surface area contributed by atoms with Crippen LogP contribution in [0.3, 0.4) is 0 Å². The number of para-hydroxylation sites is 1. The summed E-state index contributed by atoms with van der Waals surface area (Å²) in [4.78, 5) is 12.1. The lowest BCUT2D eigenvalue weighted by molar-refractivity contribution is -0.118. The molecule has 8 nitrogen and oxygen atoms in total. The van der Waals surface area contributed by atoms with E-state index in [1.54, 1.807) is 18.4 Å². The maximum Gasteiger partial charge on any atom is 0.250 e. The Kier molecular flexibility index (Phi) is 5.34. The van der Waals surface area contributed by atoms with Gasteiger partial charge in [-0.25, -0.2) is 5.43 Å². The van der Waals surface area contributed by atoms with E-state index in [0.717, 1.165) is 11.3 Å². The Hall–Kier alpha value is -3.59. The highest BCUT2D eigenvalue weighted by Gasteiger charge is 2.18. The van der Waals surface area contributed by atoms with Gasteiger partial charge in [-0.1, -0.05) is 30.0 Å². The van der Waals surface area contributed by atoms with Gasteiger partial charge >= 0.3 is 0 Å². The molecule has 1 amide bonds. The van der Waals surface area contributed by atoms with Gasteiger partial charge in [0.15, 0.2) is 10.9 Å². The van der Waals surface area contributed by atoms with Crippen LogP contribution in [0.5, 0.6) is 0 Å². The molecule has 0 aliphatic rings. The summed E-state index contributed by atoms with van der Waals surface area (Å²) in [7, 11) is 0. The number of hydrogen-bond acceptors (Lipinski definition) is 7. The van der Waals surface area contributed by atoms with Crippen molar-refractivity contribution in [2.75, 3.05) is 5.75 Å². The molecule has 9 heteroatoms. The van der Waals surface area contributed by atoms with Crippen molar-refractivity contribution in [3.63, 3.8) is 0 Å². The molecule has 3 aromatic heterocycles. The number of amides is 1. The first-order valence-corrected chi connectivity index (χ1v) is 9.31. The lowest BCUT2D eigenvalue weighted by Crippen LogP contribution is -2.19. The molecule has 0 fully saturated rings. The van der Waals surface area contributed by atoms with Gasteiger partial charge in [-0.2, -0.15) is 5.10 Å². The number of benzene rings is 1. The van der Waals surface area contributed by atoms with Crippen molar-refractivity contribution < 1.29 is 13.6 Å². The minimum absolute atomic E-state index is 0.131. The van der Waals surface area contributed by atoms with Crippen LogP contribution < -0.4 is 5.43 Å². The molecule has 4 rings (SSSR count). The first kappa shape index (κ1) is 17.8. The summed E-state index contributed by atoms with van der Waals surface area (Å²) in [6.45, 7) is 0. The maximum absolute atomic E-state index is 12.1. The summed E-state index contributed by atoms with van der Waals surface area (Å²) in [5, 5.41) is 12.9. The Morgan fingerprint density at radius 1 is 1.14 bits per heavy atom. The molecule has 1 aromatic carbocycles. The zero-order chi connectivity index (χ0) is 19.2. The Morgan fingerprint density at radius 3 is 2.79 bits per heavy atom. The van der Waals surface area contributed by atoms with E-state index < -0.39 is 0 Å². The molecule has 28 heavy (non-hydrogen) atoms. The van der Waals surface area contributed by atoms with Crippen LogP contribution in [0, 0.1) is 0 Å². The number of nitrogens with one attached hydrogen (secondary N) is 1. The second-order valence-electron chi connectivity index (χ2n) is 5.59. The summed E-state index contributed by atoms with van der Waals surface area (Å²) >= 11 is 1.26. The molecular formula is C19H15N5O3S. The lowest BCUT2D eigenvalue weighted by atomic mass is 10.3. The Bertz CT molecular complexity index is 1060. The van der Waals surface area contributed by atoms with Gasteiger partial charge < -0.3 is 8.83 Å². The lowest BCUT2D eigenvalue weighted by Gasteiger charge is -2.08. The summed E-state index contributed by atoms with van der Waals surface area (Å²) in [5.41, 5.74) is 4.12. The Morgan fingerprint density at radius 2 is 2.04 bits per heavy atom. The van der Waals surface area contributed by atoms with Crippen molar-refractivity contribution >= 4 is 23.9 Å². The number of hydrazone groups is 1. The molecule has 0 saturated heterocycles. The van der Waals surface area contributed by atoms with Gasteiger partial charge in [0.25, 0.3) is 5.91 Å². The standard InChI is InChI=1S/C19H15N5O3S/c25-17(21-20-11-14-8-10-26-12-14)13-28-19-23-22-18(16-7-4-9-27-16)24(19)15-5-2-1-3-6-15/h1-12H,13H2,(H,21,25). The molecule has 0 unspecified atom stereocenters. The van der Waals surface area contributed by atoms with Gasteiger partial charge in [0.05, 0.1) is 30.8 Å². The zero-order valence-corrected chi connectivity index (χ0v) is 15.4. The van der Waals surface area contributed by atoms with Crippen LogP contribution in [-0.2, 0) is 4.79 Å². The molecule has 0 aliphatic carbocycles. The predicted molar refractivity (Wildman–Crippen MR) is 104 cm³/mol. The number of hydrogen-bond donors (Lipinski definition) is 1. The zero-order valence-electron chi connectivity index (χ0n) is 14.6. The summed E-state index contributed by atoms with van der Waals surface area (Å²) < 4.78 is 12.3. The van der Waals surface area contributed by atoms with E-state index in [9.17, 15) is 4.79 Å². The van der Waals surface area contributed by atoms with Crippen LogP contribution >= 0.6 is 11.8 Å². The second-order valence-corrected chi connectivity index (χ2v) is 6.54. The third-order valence-corrected chi connectivity index (χ3v) is 4.60. The van der Waals surface area contributed by atoms with Crippen LogP contribution in [0.4, 0.5) is 0 Å².